The Balaban J connectivity index is 1.73. The van der Waals surface area contributed by atoms with Crippen molar-refractivity contribution in [2.45, 2.75) is 62.7 Å². The van der Waals surface area contributed by atoms with E-state index in [4.69, 9.17) is 16.6 Å². The molecule has 1 saturated heterocycles. The summed E-state index contributed by atoms with van der Waals surface area (Å²) in [4.78, 5) is 77.5. The quantitative estimate of drug-likeness (QED) is 0.160. The second kappa shape index (κ2) is 12.9. The fourth-order valence-electron chi connectivity index (χ4n) is 4.60. The Kier molecular flexibility index (Phi) is 9.60. The van der Waals surface area contributed by atoms with Gasteiger partial charge in [-0.2, -0.15) is 0 Å². The largest absolute Gasteiger partial charge is 0.481 e. The van der Waals surface area contributed by atoms with Crippen molar-refractivity contribution in [2.24, 2.45) is 11.5 Å². The van der Waals surface area contributed by atoms with Gasteiger partial charge in [0.05, 0.1) is 12.5 Å². The van der Waals surface area contributed by atoms with E-state index in [-0.39, 0.29) is 32.2 Å². The Morgan fingerprint density at radius 3 is 2.46 bits per heavy atom. The van der Waals surface area contributed by atoms with Crippen LogP contribution in [0.25, 0.3) is 10.9 Å². The average Bonchev–Trinajstić information content (AvgIpc) is 3.52. The molecule has 14 heteroatoms. The van der Waals surface area contributed by atoms with Gasteiger partial charge in [-0.3, -0.25) is 24.0 Å². The summed E-state index contributed by atoms with van der Waals surface area (Å²) in [6.45, 7) is 0.154. The maximum atomic E-state index is 13.4. The van der Waals surface area contributed by atoms with E-state index >= 15 is 0 Å². The third kappa shape index (κ3) is 7.54. The molecule has 14 nitrogen and oxygen atoms in total. The van der Waals surface area contributed by atoms with Crippen molar-refractivity contribution < 1.29 is 39.0 Å². The average molecular weight is 545 g/mol. The zero-order valence-corrected chi connectivity index (χ0v) is 21.1. The van der Waals surface area contributed by atoms with Crippen LogP contribution in [0.2, 0.25) is 0 Å². The van der Waals surface area contributed by atoms with E-state index in [1.807, 2.05) is 24.3 Å². The molecule has 39 heavy (non-hydrogen) atoms. The Morgan fingerprint density at radius 2 is 1.79 bits per heavy atom. The number of hydrogen-bond acceptors (Lipinski definition) is 7. The molecule has 0 aliphatic carbocycles. The first kappa shape index (κ1) is 29.1. The second-order valence-corrected chi connectivity index (χ2v) is 9.42. The standard InChI is InChI=1S/C25H32N6O8/c26-15(11-21(33)34)22(35)29-17(7-8-20(27)32)24(37)31-9-3-6-19(31)23(36)30-18(25(38)39)10-13-12-28-16-5-2-1-4-14(13)16/h1-2,4-5,12,15,17-19,28H,3,6-11,26H2,(H2,27,32)(H,29,35)(H,30,36)(H,33,34)(H,38,39). The molecule has 1 aromatic carbocycles. The first-order valence-corrected chi connectivity index (χ1v) is 12.4. The number of benzene rings is 1. The van der Waals surface area contributed by atoms with Gasteiger partial charge in [-0.05, 0) is 30.9 Å². The molecule has 4 amide bonds. The number of aromatic nitrogens is 1. The first-order valence-electron chi connectivity index (χ1n) is 12.4. The maximum Gasteiger partial charge on any atom is 0.326 e. The van der Waals surface area contributed by atoms with Gasteiger partial charge in [0.1, 0.15) is 18.1 Å². The van der Waals surface area contributed by atoms with E-state index in [1.165, 1.54) is 4.90 Å². The molecule has 9 N–H and O–H groups in total. The lowest BCUT2D eigenvalue weighted by Crippen LogP contribution is -2.57. The van der Waals surface area contributed by atoms with Gasteiger partial charge in [0, 0.05) is 36.5 Å². The maximum absolute atomic E-state index is 13.4. The summed E-state index contributed by atoms with van der Waals surface area (Å²) in [6.07, 6.45) is 1.25. The van der Waals surface area contributed by atoms with Crippen LogP contribution < -0.4 is 22.1 Å². The van der Waals surface area contributed by atoms with Gasteiger partial charge in [-0.1, -0.05) is 18.2 Å². The molecular formula is C25H32N6O8. The van der Waals surface area contributed by atoms with Crippen molar-refractivity contribution in [3.63, 3.8) is 0 Å². The molecule has 0 bridgehead atoms. The predicted octanol–water partition coefficient (Wildman–Crippen LogP) is -1.18. The van der Waals surface area contributed by atoms with Crippen molar-refractivity contribution in [3.8, 4) is 0 Å². The number of hydrogen-bond donors (Lipinski definition) is 7. The van der Waals surface area contributed by atoms with E-state index in [0.717, 1.165) is 10.9 Å². The van der Waals surface area contributed by atoms with Crippen LogP contribution in [0, 0.1) is 0 Å². The summed E-state index contributed by atoms with van der Waals surface area (Å²) in [5.74, 6) is -5.55. The van der Waals surface area contributed by atoms with Crippen molar-refractivity contribution in [3.05, 3.63) is 36.0 Å². The molecule has 1 aliphatic rings. The molecule has 0 radical (unpaired) electrons. The summed E-state index contributed by atoms with van der Waals surface area (Å²) < 4.78 is 0. The number of nitrogens with zero attached hydrogens (tertiary/aromatic N) is 1. The number of fused-ring (bicyclic) bond motifs is 1. The molecule has 1 aromatic heterocycles. The SMILES string of the molecule is NC(=O)CCC(NC(=O)C(N)CC(=O)O)C(=O)N1CCCC1C(=O)NC(Cc1c[nH]c2ccccc12)C(=O)O. The summed E-state index contributed by atoms with van der Waals surface area (Å²) >= 11 is 0. The number of carbonyl (C=O) groups is 6. The van der Waals surface area contributed by atoms with Crippen LogP contribution in [-0.2, 0) is 35.2 Å². The van der Waals surface area contributed by atoms with Crippen LogP contribution in [-0.4, -0.2) is 86.4 Å². The number of aromatic amines is 1. The lowest BCUT2D eigenvalue weighted by Gasteiger charge is -2.29. The fourth-order valence-corrected chi connectivity index (χ4v) is 4.60. The molecule has 0 saturated carbocycles. The first-order chi connectivity index (χ1) is 18.5. The molecule has 4 unspecified atom stereocenters. The normalized spacial score (nSPS) is 17.3. The highest BCUT2D eigenvalue weighted by atomic mass is 16.4. The zero-order chi connectivity index (χ0) is 28.7. The minimum Gasteiger partial charge on any atom is -0.481 e. The minimum absolute atomic E-state index is 0.00448. The van der Waals surface area contributed by atoms with Gasteiger partial charge in [-0.25, -0.2) is 4.79 Å². The zero-order valence-electron chi connectivity index (χ0n) is 21.1. The van der Waals surface area contributed by atoms with Crippen molar-refractivity contribution in [1.82, 2.24) is 20.5 Å². The number of nitrogens with two attached hydrogens (primary N) is 2. The smallest absolute Gasteiger partial charge is 0.326 e. The van der Waals surface area contributed by atoms with Crippen LogP contribution in [0.15, 0.2) is 30.5 Å². The molecule has 1 fully saturated rings. The van der Waals surface area contributed by atoms with Gasteiger partial charge in [0.15, 0.2) is 0 Å². The van der Waals surface area contributed by atoms with Gasteiger partial charge in [0.25, 0.3) is 0 Å². The fraction of sp³-hybridized carbons (Fsp3) is 0.440. The number of amides is 4. The van der Waals surface area contributed by atoms with E-state index in [1.54, 1.807) is 6.20 Å². The highest BCUT2D eigenvalue weighted by molar-refractivity contribution is 5.95. The number of carboxylic acid groups (broad SMARTS) is 2. The Hall–Kier alpha value is -4.46. The van der Waals surface area contributed by atoms with Crippen molar-refractivity contribution in [2.75, 3.05) is 6.54 Å². The minimum atomic E-state index is -1.44. The number of primary amides is 1. The Morgan fingerprint density at radius 1 is 1.08 bits per heavy atom. The van der Waals surface area contributed by atoms with Gasteiger partial charge in [0.2, 0.25) is 23.6 Å². The van der Waals surface area contributed by atoms with Crippen LogP contribution in [0.4, 0.5) is 0 Å². The highest BCUT2D eigenvalue weighted by Gasteiger charge is 2.39. The van der Waals surface area contributed by atoms with Crippen LogP contribution >= 0.6 is 0 Å². The van der Waals surface area contributed by atoms with Crippen LogP contribution in [0.3, 0.4) is 0 Å². The number of carboxylic acids is 2. The van der Waals surface area contributed by atoms with E-state index in [9.17, 15) is 33.9 Å². The molecule has 210 valence electrons. The topological polar surface area (TPSA) is 238 Å². The van der Waals surface area contributed by atoms with Crippen LogP contribution in [0.1, 0.15) is 37.7 Å². The lowest BCUT2D eigenvalue weighted by atomic mass is 10.0. The molecule has 3 rings (SSSR count). The van der Waals surface area contributed by atoms with Crippen molar-refractivity contribution in [1.29, 1.82) is 0 Å². The lowest BCUT2D eigenvalue weighted by molar-refractivity contribution is -0.145. The monoisotopic (exact) mass is 544 g/mol. The number of H-pyrrole nitrogens is 1. The number of rotatable bonds is 13. The Bertz CT molecular complexity index is 1260. The summed E-state index contributed by atoms with van der Waals surface area (Å²) in [6, 6.07) is 2.32. The van der Waals surface area contributed by atoms with Crippen molar-refractivity contribution >= 4 is 46.5 Å². The third-order valence-electron chi connectivity index (χ3n) is 6.58. The van der Waals surface area contributed by atoms with Gasteiger partial charge >= 0.3 is 11.9 Å². The summed E-state index contributed by atoms with van der Waals surface area (Å²) in [7, 11) is 0. The number of carbonyl (C=O) groups excluding carboxylic acids is 4. The van der Waals surface area contributed by atoms with Crippen LogP contribution in [0.5, 0.6) is 0 Å². The molecule has 2 heterocycles. The summed E-state index contributed by atoms with van der Waals surface area (Å²) in [5, 5.41) is 24.4. The van der Waals surface area contributed by atoms with E-state index in [2.05, 4.69) is 15.6 Å². The summed E-state index contributed by atoms with van der Waals surface area (Å²) in [5.41, 5.74) is 12.3. The number of nitrogens with one attached hydrogen (secondary N) is 3. The highest BCUT2D eigenvalue weighted by Crippen LogP contribution is 2.22. The van der Waals surface area contributed by atoms with E-state index < -0.39 is 66.2 Å². The molecule has 4 atom stereocenters. The van der Waals surface area contributed by atoms with Gasteiger partial charge in [-0.15, -0.1) is 0 Å². The second-order valence-electron chi connectivity index (χ2n) is 9.42. The number of aliphatic carboxylic acids is 2. The number of likely N-dealkylation sites (tertiary alicyclic amines) is 1. The molecule has 2 aromatic rings. The number of para-hydroxylation sites is 1. The third-order valence-corrected chi connectivity index (χ3v) is 6.58. The predicted molar refractivity (Wildman–Crippen MR) is 137 cm³/mol. The molecular weight excluding hydrogens is 512 g/mol. The van der Waals surface area contributed by atoms with E-state index in [0.29, 0.717) is 12.0 Å². The Labute approximate surface area is 223 Å². The molecule has 0 spiro atoms. The van der Waals surface area contributed by atoms with Gasteiger partial charge < -0.3 is 42.2 Å². The molecule has 1 aliphatic heterocycles.